The van der Waals surface area contributed by atoms with Crippen LogP contribution in [-0.2, 0) is 9.53 Å². The number of hydrogen-bond acceptors (Lipinski definition) is 3. The molecular formula is C6H12ClNO2. The summed E-state index contributed by atoms with van der Waals surface area (Å²) in [6.45, 7) is 0. The van der Waals surface area contributed by atoms with Gasteiger partial charge in [-0.15, -0.1) is 12.4 Å². The largest absolute Gasteiger partial charge is 0.469 e. The minimum Gasteiger partial charge on any atom is -0.469 e. The lowest BCUT2D eigenvalue weighted by atomic mass is 9.80. The molecule has 0 heterocycles. The monoisotopic (exact) mass is 165 g/mol. The third kappa shape index (κ3) is 1.61. The lowest BCUT2D eigenvalue weighted by molar-refractivity contribution is -0.149. The number of hydrogen-bond donors (Lipinski definition) is 1. The summed E-state index contributed by atoms with van der Waals surface area (Å²) in [4.78, 5) is 10.7. The van der Waals surface area contributed by atoms with Gasteiger partial charge in [-0.3, -0.25) is 4.79 Å². The molecule has 1 rings (SSSR count). The molecule has 0 aromatic carbocycles. The lowest BCUT2D eigenvalue weighted by Gasteiger charge is -2.30. The van der Waals surface area contributed by atoms with Crippen LogP contribution < -0.4 is 5.73 Å². The highest BCUT2D eigenvalue weighted by atomic mass is 35.5. The molecule has 0 spiro atoms. The van der Waals surface area contributed by atoms with Crippen molar-refractivity contribution in [3.05, 3.63) is 0 Å². The van der Waals surface area contributed by atoms with E-state index in [0.717, 1.165) is 12.8 Å². The number of nitrogens with two attached hydrogens (primary N) is 1. The van der Waals surface area contributed by atoms with E-state index in [1.807, 2.05) is 0 Å². The Morgan fingerprint density at radius 1 is 1.60 bits per heavy atom. The Labute approximate surface area is 66.3 Å². The topological polar surface area (TPSA) is 52.3 Å². The van der Waals surface area contributed by atoms with Crippen LogP contribution in [0.4, 0.5) is 0 Å². The molecule has 1 aliphatic rings. The van der Waals surface area contributed by atoms with Gasteiger partial charge >= 0.3 is 5.97 Å². The van der Waals surface area contributed by atoms with Gasteiger partial charge in [0, 0.05) is 6.04 Å². The molecule has 1 aliphatic carbocycles. The van der Waals surface area contributed by atoms with Gasteiger partial charge < -0.3 is 10.5 Å². The number of carbonyl (C=O) groups excluding carboxylic acids is 1. The fourth-order valence-corrected chi connectivity index (χ4v) is 0.970. The third-order valence-corrected chi connectivity index (χ3v) is 1.83. The molecule has 2 unspecified atom stereocenters. The molecule has 1 fully saturated rings. The molecule has 60 valence electrons. The molecule has 2 N–H and O–H groups in total. The minimum atomic E-state index is -0.159. The van der Waals surface area contributed by atoms with Crippen molar-refractivity contribution in [2.75, 3.05) is 7.11 Å². The van der Waals surface area contributed by atoms with E-state index in [0.29, 0.717) is 0 Å². The zero-order valence-electron chi connectivity index (χ0n) is 5.87. The summed E-state index contributed by atoms with van der Waals surface area (Å²) in [5.74, 6) is -0.177. The van der Waals surface area contributed by atoms with Crippen LogP contribution >= 0.6 is 12.4 Å². The molecule has 0 aromatic rings. The maximum Gasteiger partial charge on any atom is 0.310 e. The van der Waals surface area contributed by atoms with Crippen LogP contribution in [0.15, 0.2) is 0 Å². The average molecular weight is 166 g/mol. The molecule has 2 atom stereocenters. The minimum absolute atomic E-state index is 0. The van der Waals surface area contributed by atoms with Crippen LogP contribution in [0.2, 0.25) is 0 Å². The Kier molecular flexibility index (Phi) is 3.68. The second-order valence-electron chi connectivity index (χ2n) is 2.37. The molecule has 1 saturated carbocycles. The van der Waals surface area contributed by atoms with E-state index >= 15 is 0 Å². The summed E-state index contributed by atoms with van der Waals surface area (Å²) >= 11 is 0. The number of methoxy groups -OCH3 is 1. The molecule has 0 saturated heterocycles. The predicted molar refractivity (Wildman–Crippen MR) is 40.0 cm³/mol. The maximum absolute atomic E-state index is 10.7. The summed E-state index contributed by atoms with van der Waals surface area (Å²) < 4.78 is 4.51. The van der Waals surface area contributed by atoms with Crippen molar-refractivity contribution in [2.24, 2.45) is 11.7 Å². The van der Waals surface area contributed by atoms with Crippen molar-refractivity contribution < 1.29 is 9.53 Å². The summed E-state index contributed by atoms with van der Waals surface area (Å²) in [7, 11) is 1.40. The standard InChI is InChI=1S/C6H11NO2.ClH/c1-9-6(8)4-2-3-5(4)7;/h4-5H,2-3,7H2,1H3;1H. The Morgan fingerprint density at radius 3 is 2.30 bits per heavy atom. The maximum atomic E-state index is 10.7. The first kappa shape index (κ1) is 9.72. The highest BCUT2D eigenvalue weighted by Gasteiger charge is 2.34. The third-order valence-electron chi connectivity index (χ3n) is 1.83. The quantitative estimate of drug-likeness (QED) is 0.570. The van der Waals surface area contributed by atoms with Crippen LogP contribution in [0.1, 0.15) is 12.8 Å². The van der Waals surface area contributed by atoms with Crippen molar-refractivity contribution in [3.63, 3.8) is 0 Å². The molecule has 0 aliphatic heterocycles. The van der Waals surface area contributed by atoms with Gasteiger partial charge in [0.25, 0.3) is 0 Å². The average Bonchev–Trinajstić information content (AvgIpc) is 1.84. The van der Waals surface area contributed by atoms with E-state index in [2.05, 4.69) is 4.74 Å². The first-order valence-corrected chi connectivity index (χ1v) is 3.09. The van der Waals surface area contributed by atoms with Crippen LogP contribution in [0, 0.1) is 5.92 Å². The second kappa shape index (κ2) is 3.78. The van der Waals surface area contributed by atoms with Gasteiger partial charge in [-0.2, -0.15) is 0 Å². The van der Waals surface area contributed by atoms with Crippen LogP contribution in [-0.4, -0.2) is 19.1 Å². The molecular weight excluding hydrogens is 154 g/mol. The summed E-state index contributed by atoms with van der Waals surface area (Å²) in [6, 6.07) is 0.0532. The number of ether oxygens (including phenoxy) is 1. The van der Waals surface area contributed by atoms with E-state index < -0.39 is 0 Å². The summed E-state index contributed by atoms with van der Waals surface area (Å²) in [5, 5.41) is 0. The van der Waals surface area contributed by atoms with E-state index in [1.165, 1.54) is 7.11 Å². The van der Waals surface area contributed by atoms with Crippen LogP contribution in [0.5, 0.6) is 0 Å². The SMILES string of the molecule is COC(=O)C1CCC1N.Cl. The van der Waals surface area contributed by atoms with E-state index in [-0.39, 0.29) is 30.3 Å². The normalized spacial score (nSPS) is 29.8. The van der Waals surface area contributed by atoms with Gasteiger partial charge in [0.2, 0.25) is 0 Å². The number of halogens is 1. The first-order valence-electron chi connectivity index (χ1n) is 3.09. The van der Waals surface area contributed by atoms with Gasteiger partial charge in [0.1, 0.15) is 0 Å². The van der Waals surface area contributed by atoms with Crippen molar-refractivity contribution >= 4 is 18.4 Å². The lowest BCUT2D eigenvalue weighted by Crippen LogP contribution is -2.44. The highest BCUT2D eigenvalue weighted by molar-refractivity contribution is 5.85. The fraction of sp³-hybridized carbons (Fsp3) is 0.833. The Morgan fingerprint density at radius 2 is 2.20 bits per heavy atom. The first-order chi connectivity index (χ1) is 4.25. The molecule has 0 radical (unpaired) electrons. The smallest absolute Gasteiger partial charge is 0.310 e. The van der Waals surface area contributed by atoms with Gasteiger partial charge in [-0.25, -0.2) is 0 Å². The van der Waals surface area contributed by atoms with Gasteiger partial charge in [0.15, 0.2) is 0 Å². The number of carbonyl (C=O) groups is 1. The molecule has 0 amide bonds. The Balaban J connectivity index is 0.000000810. The predicted octanol–water partition coefficient (Wildman–Crippen LogP) is 0.318. The van der Waals surface area contributed by atoms with Crippen molar-refractivity contribution in [1.29, 1.82) is 0 Å². The Hall–Kier alpha value is -0.280. The number of esters is 1. The number of rotatable bonds is 1. The van der Waals surface area contributed by atoms with Crippen LogP contribution in [0.3, 0.4) is 0 Å². The van der Waals surface area contributed by atoms with Crippen molar-refractivity contribution in [2.45, 2.75) is 18.9 Å². The summed E-state index contributed by atoms with van der Waals surface area (Å²) in [6.07, 6.45) is 1.85. The van der Waals surface area contributed by atoms with Crippen LogP contribution in [0.25, 0.3) is 0 Å². The molecule has 0 bridgehead atoms. The zero-order chi connectivity index (χ0) is 6.85. The van der Waals surface area contributed by atoms with E-state index in [9.17, 15) is 4.79 Å². The molecule has 10 heavy (non-hydrogen) atoms. The van der Waals surface area contributed by atoms with Gasteiger partial charge in [-0.05, 0) is 12.8 Å². The Bertz CT molecular complexity index is 129. The molecule has 0 aromatic heterocycles. The van der Waals surface area contributed by atoms with E-state index in [1.54, 1.807) is 0 Å². The zero-order valence-corrected chi connectivity index (χ0v) is 6.69. The van der Waals surface area contributed by atoms with Crippen molar-refractivity contribution in [3.8, 4) is 0 Å². The summed E-state index contributed by atoms with van der Waals surface area (Å²) in [5.41, 5.74) is 5.50. The van der Waals surface area contributed by atoms with E-state index in [4.69, 9.17) is 5.73 Å². The van der Waals surface area contributed by atoms with Gasteiger partial charge in [-0.1, -0.05) is 0 Å². The fourth-order valence-electron chi connectivity index (χ4n) is 0.970. The van der Waals surface area contributed by atoms with Crippen molar-refractivity contribution in [1.82, 2.24) is 0 Å². The van der Waals surface area contributed by atoms with Gasteiger partial charge in [0.05, 0.1) is 13.0 Å². The molecule has 4 heteroatoms. The highest BCUT2D eigenvalue weighted by Crippen LogP contribution is 2.25. The second-order valence-corrected chi connectivity index (χ2v) is 2.37. The molecule has 3 nitrogen and oxygen atoms in total.